The lowest BCUT2D eigenvalue weighted by Crippen LogP contribution is -2.19. The minimum Gasteiger partial charge on any atom is -0.492 e. The number of hydrogen-bond acceptors (Lipinski definition) is 2. The molecule has 1 aliphatic rings. The second-order valence-corrected chi connectivity index (χ2v) is 6.78. The first kappa shape index (κ1) is 13.7. The van der Waals surface area contributed by atoms with E-state index in [-0.39, 0.29) is 11.5 Å². The van der Waals surface area contributed by atoms with Gasteiger partial charge in [0.2, 0.25) is 0 Å². The second-order valence-electron chi connectivity index (χ2n) is 5.93. The molecule has 3 heteroatoms. The van der Waals surface area contributed by atoms with Crippen LogP contribution in [-0.2, 0) is 5.41 Å². The number of fused-ring (bicyclic) bond motifs is 1. The molecular formula is C17H18BrNO. The highest BCUT2D eigenvalue weighted by atomic mass is 79.9. The van der Waals surface area contributed by atoms with Gasteiger partial charge < -0.3 is 10.5 Å². The van der Waals surface area contributed by atoms with Crippen molar-refractivity contribution < 1.29 is 4.74 Å². The quantitative estimate of drug-likeness (QED) is 0.896. The topological polar surface area (TPSA) is 35.2 Å². The highest BCUT2D eigenvalue weighted by molar-refractivity contribution is 9.10. The number of nitrogens with two attached hydrogens (primary N) is 1. The first-order valence-electron chi connectivity index (χ1n) is 6.76. The number of ether oxygens (including phenoxy) is 1. The molecule has 0 saturated heterocycles. The van der Waals surface area contributed by atoms with Gasteiger partial charge in [-0.15, -0.1) is 0 Å². The fourth-order valence-electron chi connectivity index (χ4n) is 2.64. The van der Waals surface area contributed by atoms with Crippen LogP contribution in [0.15, 0.2) is 46.9 Å². The van der Waals surface area contributed by atoms with Gasteiger partial charge in [-0.2, -0.15) is 0 Å². The van der Waals surface area contributed by atoms with Crippen LogP contribution in [0.3, 0.4) is 0 Å². The molecule has 2 aromatic carbocycles. The summed E-state index contributed by atoms with van der Waals surface area (Å²) >= 11 is 3.57. The van der Waals surface area contributed by atoms with Crippen molar-refractivity contribution >= 4 is 15.9 Å². The van der Waals surface area contributed by atoms with E-state index >= 15 is 0 Å². The third-order valence-electron chi connectivity index (χ3n) is 3.92. The van der Waals surface area contributed by atoms with Crippen LogP contribution in [0.2, 0.25) is 0 Å². The Bertz CT molecular complexity index is 651. The lowest BCUT2D eigenvalue weighted by Gasteiger charge is -2.19. The van der Waals surface area contributed by atoms with E-state index in [0.29, 0.717) is 0 Å². The summed E-state index contributed by atoms with van der Waals surface area (Å²) in [6, 6.07) is 14.2. The Labute approximate surface area is 128 Å². The maximum Gasteiger partial charge on any atom is 0.123 e. The third-order valence-corrected chi connectivity index (χ3v) is 4.64. The van der Waals surface area contributed by atoms with Crippen molar-refractivity contribution in [1.82, 2.24) is 0 Å². The van der Waals surface area contributed by atoms with Crippen LogP contribution in [0.25, 0.3) is 0 Å². The van der Waals surface area contributed by atoms with Crippen LogP contribution >= 0.6 is 15.9 Å². The monoisotopic (exact) mass is 331 g/mol. The molecule has 3 rings (SSSR count). The van der Waals surface area contributed by atoms with Gasteiger partial charge in [0.1, 0.15) is 5.75 Å². The van der Waals surface area contributed by atoms with E-state index < -0.39 is 0 Å². The molecule has 2 nitrogen and oxygen atoms in total. The first-order chi connectivity index (χ1) is 9.49. The molecule has 1 atom stereocenters. The van der Waals surface area contributed by atoms with E-state index in [1.54, 1.807) is 0 Å². The van der Waals surface area contributed by atoms with E-state index in [0.717, 1.165) is 28.0 Å². The summed E-state index contributed by atoms with van der Waals surface area (Å²) in [5.41, 5.74) is 9.95. The maximum atomic E-state index is 6.43. The zero-order valence-electron chi connectivity index (χ0n) is 11.7. The molecule has 2 N–H and O–H groups in total. The van der Waals surface area contributed by atoms with Crippen molar-refractivity contribution in [3.8, 4) is 5.75 Å². The molecule has 1 unspecified atom stereocenters. The second kappa shape index (κ2) is 4.90. The Hall–Kier alpha value is -1.32. The van der Waals surface area contributed by atoms with Crippen molar-refractivity contribution in [2.24, 2.45) is 5.73 Å². The summed E-state index contributed by atoms with van der Waals surface area (Å²) in [6.45, 7) is 5.13. The Morgan fingerprint density at radius 1 is 1.20 bits per heavy atom. The largest absolute Gasteiger partial charge is 0.492 e. The summed E-state index contributed by atoms with van der Waals surface area (Å²) in [5.74, 6) is 0.984. The molecule has 0 saturated carbocycles. The van der Waals surface area contributed by atoms with Crippen LogP contribution < -0.4 is 10.5 Å². The summed E-state index contributed by atoms with van der Waals surface area (Å²) in [6.07, 6.45) is 0. The predicted octanol–water partition coefficient (Wildman–Crippen LogP) is 4.17. The number of halogens is 1. The first-order valence-corrected chi connectivity index (χ1v) is 7.55. The maximum absolute atomic E-state index is 6.43. The number of benzene rings is 2. The van der Waals surface area contributed by atoms with E-state index in [2.05, 4.69) is 48.0 Å². The predicted molar refractivity (Wildman–Crippen MR) is 85.1 cm³/mol. The Kier molecular flexibility index (Phi) is 3.35. The van der Waals surface area contributed by atoms with Crippen molar-refractivity contribution in [3.05, 3.63) is 63.6 Å². The minimum absolute atomic E-state index is 0.0545. The fourth-order valence-corrected chi connectivity index (χ4v) is 3.17. The molecule has 0 fully saturated rings. The summed E-state index contributed by atoms with van der Waals surface area (Å²) in [4.78, 5) is 0. The van der Waals surface area contributed by atoms with Crippen molar-refractivity contribution in [2.75, 3.05) is 6.61 Å². The minimum atomic E-state index is -0.132. The van der Waals surface area contributed by atoms with E-state index in [1.165, 1.54) is 5.56 Å². The fraction of sp³-hybridized carbons (Fsp3) is 0.294. The number of hydrogen-bond donors (Lipinski definition) is 1. The van der Waals surface area contributed by atoms with Gasteiger partial charge >= 0.3 is 0 Å². The van der Waals surface area contributed by atoms with Gasteiger partial charge in [0.15, 0.2) is 0 Å². The molecule has 0 aliphatic carbocycles. The van der Waals surface area contributed by atoms with Gasteiger partial charge in [0, 0.05) is 15.5 Å². The lowest BCUT2D eigenvalue weighted by atomic mass is 9.85. The van der Waals surface area contributed by atoms with Crippen LogP contribution in [0.1, 0.15) is 36.6 Å². The van der Waals surface area contributed by atoms with Crippen LogP contribution in [0, 0.1) is 0 Å². The third kappa shape index (κ3) is 2.25. The van der Waals surface area contributed by atoms with Crippen LogP contribution in [0.5, 0.6) is 5.75 Å². The van der Waals surface area contributed by atoms with Crippen molar-refractivity contribution in [1.29, 1.82) is 0 Å². The van der Waals surface area contributed by atoms with Crippen molar-refractivity contribution in [2.45, 2.75) is 25.3 Å². The van der Waals surface area contributed by atoms with Crippen LogP contribution in [0.4, 0.5) is 0 Å². The summed E-state index contributed by atoms with van der Waals surface area (Å²) in [5, 5.41) is 0. The van der Waals surface area contributed by atoms with Gasteiger partial charge in [-0.05, 0) is 29.3 Å². The molecule has 20 heavy (non-hydrogen) atoms. The molecule has 0 bridgehead atoms. The van der Waals surface area contributed by atoms with E-state index in [4.69, 9.17) is 10.5 Å². The van der Waals surface area contributed by atoms with Gasteiger partial charge in [-0.3, -0.25) is 0 Å². The highest BCUT2D eigenvalue weighted by Crippen LogP contribution is 2.40. The average Bonchev–Trinajstić information content (AvgIpc) is 2.74. The SMILES string of the molecule is CC1(C)COc2ccc(C(N)c3ccccc3Br)cc21. The zero-order valence-corrected chi connectivity index (χ0v) is 13.3. The zero-order chi connectivity index (χ0) is 14.3. The average molecular weight is 332 g/mol. The molecule has 1 heterocycles. The molecule has 0 aromatic heterocycles. The molecular weight excluding hydrogens is 314 g/mol. The van der Waals surface area contributed by atoms with E-state index in [9.17, 15) is 0 Å². The summed E-state index contributed by atoms with van der Waals surface area (Å²) in [7, 11) is 0. The van der Waals surface area contributed by atoms with Gasteiger partial charge in [-0.1, -0.05) is 54.0 Å². The molecule has 0 amide bonds. The van der Waals surface area contributed by atoms with Gasteiger partial charge in [0.05, 0.1) is 12.6 Å². The highest BCUT2D eigenvalue weighted by Gasteiger charge is 2.32. The number of rotatable bonds is 2. The Morgan fingerprint density at radius 3 is 2.70 bits per heavy atom. The van der Waals surface area contributed by atoms with E-state index in [1.807, 2.05) is 24.3 Å². The van der Waals surface area contributed by atoms with Gasteiger partial charge in [0.25, 0.3) is 0 Å². The molecule has 104 valence electrons. The molecule has 0 spiro atoms. The Morgan fingerprint density at radius 2 is 1.95 bits per heavy atom. The van der Waals surface area contributed by atoms with Gasteiger partial charge in [-0.25, -0.2) is 0 Å². The molecule has 1 aliphatic heterocycles. The Balaban J connectivity index is 2.02. The lowest BCUT2D eigenvalue weighted by molar-refractivity contribution is 0.291. The smallest absolute Gasteiger partial charge is 0.123 e. The normalized spacial score (nSPS) is 17.4. The molecule has 0 radical (unpaired) electrons. The van der Waals surface area contributed by atoms with Crippen LogP contribution in [-0.4, -0.2) is 6.61 Å². The summed E-state index contributed by atoms with van der Waals surface area (Å²) < 4.78 is 6.77. The standard InChI is InChI=1S/C17H18BrNO/c1-17(2)10-20-15-8-7-11(9-13(15)17)16(19)12-5-3-4-6-14(12)18/h3-9,16H,10,19H2,1-2H3. The molecule has 2 aromatic rings. The van der Waals surface area contributed by atoms with Crippen molar-refractivity contribution in [3.63, 3.8) is 0 Å².